The molecule has 2 amide bonds. The second kappa shape index (κ2) is 15.4. The predicted octanol–water partition coefficient (Wildman–Crippen LogP) is 7.52. The summed E-state index contributed by atoms with van der Waals surface area (Å²) < 4.78 is 14.8. The van der Waals surface area contributed by atoms with Crippen LogP contribution in [0.25, 0.3) is 0 Å². The van der Waals surface area contributed by atoms with Crippen molar-refractivity contribution in [3.63, 3.8) is 0 Å². The molecule has 39 heavy (non-hydrogen) atoms. The third-order valence-corrected chi connectivity index (χ3v) is 7.90. The second-order valence-electron chi connectivity index (χ2n) is 11.9. The Morgan fingerprint density at radius 1 is 1.10 bits per heavy atom. The number of piperidine rings is 1. The van der Waals surface area contributed by atoms with Crippen molar-refractivity contribution >= 4 is 47.7 Å². The van der Waals surface area contributed by atoms with Gasteiger partial charge in [0.1, 0.15) is 18.0 Å². The molecule has 2 heterocycles. The molecule has 1 unspecified atom stereocenters. The summed E-state index contributed by atoms with van der Waals surface area (Å²) >= 11 is 14.3. The molecule has 2 aliphatic heterocycles. The van der Waals surface area contributed by atoms with Gasteiger partial charge in [-0.05, 0) is 79.2 Å². The number of nitrogens with zero attached hydrogens (tertiary/aromatic N) is 2. The van der Waals surface area contributed by atoms with Crippen LogP contribution in [0.2, 0.25) is 10.0 Å². The number of carbonyl (C=O) groups excluding carboxylic acids is 2. The van der Waals surface area contributed by atoms with E-state index in [9.17, 15) is 9.59 Å². The van der Waals surface area contributed by atoms with Gasteiger partial charge >= 0.3 is 6.09 Å². The van der Waals surface area contributed by atoms with E-state index in [1.54, 1.807) is 29.0 Å². The van der Waals surface area contributed by atoms with Crippen LogP contribution in [0, 0.1) is 5.92 Å². The van der Waals surface area contributed by atoms with E-state index in [4.69, 9.17) is 32.7 Å². The Morgan fingerprint density at radius 2 is 1.69 bits per heavy atom. The molecule has 0 bridgehead atoms. The van der Waals surface area contributed by atoms with Crippen LogP contribution in [-0.4, -0.2) is 65.4 Å². The van der Waals surface area contributed by atoms with Crippen LogP contribution in [0.1, 0.15) is 78.8 Å². The van der Waals surface area contributed by atoms with Crippen LogP contribution in [0.5, 0.6) is 5.75 Å². The maximum atomic E-state index is 11.4. The average Bonchev–Trinajstić information content (AvgIpc) is 3.40. The molecule has 0 saturated carbocycles. The summed E-state index contributed by atoms with van der Waals surface area (Å²) in [4.78, 5) is 26.0. The lowest BCUT2D eigenvalue weighted by Gasteiger charge is -2.36. The summed E-state index contributed by atoms with van der Waals surface area (Å²) in [5.41, 5.74) is 0.632. The van der Waals surface area contributed by atoms with Crippen molar-refractivity contribution in [2.24, 2.45) is 5.92 Å². The van der Waals surface area contributed by atoms with Crippen molar-refractivity contribution in [1.82, 2.24) is 14.5 Å². The minimum Gasteiger partial charge on any atom is -0.489 e. The molecule has 1 N–H and O–H groups in total. The molecule has 7 nitrogen and oxygen atoms in total. The normalized spacial score (nSPS) is 17.2. The highest BCUT2D eigenvalue weighted by molar-refractivity contribution is 7.98. The van der Waals surface area contributed by atoms with E-state index in [1.807, 2.05) is 31.7 Å². The fourth-order valence-electron chi connectivity index (χ4n) is 4.30. The highest BCUT2D eigenvalue weighted by Gasteiger charge is 2.31. The minimum atomic E-state index is -0.361. The summed E-state index contributed by atoms with van der Waals surface area (Å²) in [5.74, 6) is 1.08. The molecule has 0 aliphatic carbocycles. The van der Waals surface area contributed by atoms with Gasteiger partial charge < -0.3 is 19.3 Å². The predicted molar refractivity (Wildman–Crippen MR) is 163 cm³/mol. The van der Waals surface area contributed by atoms with Gasteiger partial charge in [0.2, 0.25) is 6.41 Å². The van der Waals surface area contributed by atoms with Crippen LogP contribution in [0.15, 0.2) is 24.8 Å². The monoisotopic (exact) mass is 601 g/mol. The van der Waals surface area contributed by atoms with Crippen LogP contribution in [0.4, 0.5) is 4.79 Å². The van der Waals surface area contributed by atoms with Gasteiger partial charge in [0.25, 0.3) is 0 Å². The molecular formula is C29H45Cl2N3O4S. The quantitative estimate of drug-likeness (QED) is 0.189. The van der Waals surface area contributed by atoms with E-state index < -0.39 is 0 Å². The first-order chi connectivity index (χ1) is 18.2. The largest absolute Gasteiger partial charge is 0.489 e. The van der Waals surface area contributed by atoms with Crippen molar-refractivity contribution in [2.75, 3.05) is 32.8 Å². The fraction of sp³-hybridized carbons (Fsp3) is 0.655. The first-order valence-electron chi connectivity index (χ1n) is 13.6. The molecule has 1 atom stereocenters. The van der Waals surface area contributed by atoms with Gasteiger partial charge in [-0.3, -0.25) is 9.52 Å². The molecular weight excluding hydrogens is 557 g/mol. The first kappa shape index (κ1) is 33.6. The maximum Gasteiger partial charge on any atom is 0.410 e. The van der Waals surface area contributed by atoms with E-state index in [0.717, 1.165) is 63.8 Å². The molecule has 1 aromatic rings. The molecule has 0 radical (unpaired) electrons. The molecule has 1 aromatic carbocycles. The minimum absolute atomic E-state index is 0.0395. The zero-order valence-electron chi connectivity index (χ0n) is 24.2. The van der Waals surface area contributed by atoms with E-state index in [0.29, 0.717) is 28.3 Å². The highest BCUT2D eigenvalue weighted by atomic mass is 35.5. The van der Waals surface area contributed by atoms with Gasteiger partial charge in [-0.15, -0.1) is 0 Å². The SMILES string of the molecule is C=CCOc1cc(Cl)c(Cl)cc1C(NSC(C)(C)C)C1CCN(C=O)CC1.CC(C)(C)OC(=O)N1CCCC1. The van der Waals surface area contributed by atoms with Crippen LogP contribution in [-0.2, 0) is 9.53 Å². The number of ether oxygens (including phenoxy) is 2. The third-order valence-electron chi connectivity index (χ3n) is 6.19. The standard InChI is InChI=1S/C20H28Cl2N2O2S.C9H17NO2/c1-5-10-26-18-12-17(22)16(21)11-15(18)19(23-27-20(2,3)4)14-6-8-24(13-25)9-7-14;1-9(2,3)12-8(11)10-6-4-5-7-10/h5,11-14,19,23H,1,6-10H2,2-4H3;4-7H2,1-3H3. The van der Waals surface area contributed by atoms with Gasteiger partial charge in [0.15, 0.2) is 0 Å². The second-order valence-corrected chi connectivity index (χ2v) is 14.3. The van der Waals surface area contributed by atoms with E-state index in [2.05, 4.69) is 32.1 Å². The first-order valence-corrected chi connectivity index (χ1v) is 15.1. The third kappa shape index (κ3) is 11.8. The Balaban J connectivity index is 0.000000370. The van der Waals surface area contributed by atoms with Gasteiger partial charge in [-0.25, -0.2) is 4.79 Å². The molecule has 0 aromatic heterocycles. The van der Waals surface area contributed by atoms with E-state index >= 15 is 0 Å². The molecule has 10 heteroatoms. The molecule has 2 fully saturated rings. The number of benzene rings is 1. The van der Waals surface area contributed by atoms with Crippen molar-refractivity contribution in [3.8, 4) is 5.75 Å². The Morgan fingerprint density at radius 3 is 2.21 bits per heavy atom. The Bertz CT molecular complexity index is 951. The number of halogens is 2. The Hall–Kier alpha value is -1.61. The van der Waals surface area contributed by atoms with Gasteiger partial charge in [0, 0.05) is 48.6 Å². The molecule has 0 spiro atoms. The maximum absolute atomic E-state index is 11.4. The van der Waals surface area contributed by atoms with Crippen LogP contribution in [0.3, 0.4) is 0 Å². The van der Waals surface area contributed by atoms with E-state index in [1.165, 1.54) is 0 Å². The zero-order chi connectivity index (χ0) is 29.2. The van der Waals surface area contributed by atoms with Crippen LogP contribution < -0.4 is 9.46 Å². The number of likely N-dealkylation sites (tertiary alicyclic amines) is 2. The number of hydrogen-bond donors (Lipinski definition) is 1. The van der Waals surface area contributed by atoms with Gasteiger partial charge in [-0.2, -0.15) is 0 Å². The van der Waals surface area contributed by atoms with Crippen molar-refractivity contribution in [3.05, 3.63) is 40.4 Å². The van der Waals surface area contributed by atoms with Crippen molar-refractivity contribution < 1.29 is 19.1 Å². The summed E-state index contributed by atoms with van der Waals surface area (Å²) in [7, 11) is 0. The lowest BCUT2D eigenvalue weighted by Crippen LogP contribution is -2.38. The highest BCUT2D eigenvalue weighted by Crippen LogP contribution is 2.41. The average molecular weight is 603 g/mol. The summed E-state index contributed by atoms with van der Waals surface area (Å²) in [6, 6.07) is 3.72. The molecule has 3 rings (SSSR count). The summed E-state index contributed by atoms with van der Waals surface area (Å²) in [5, 5.41) is 0.980. The smallest absolute Gasteiger partial charge is 0.410 e. The van der Waals surface area contributed by atoms with Gasteiger partial charge in [0.05, 0.1) is 10.0 Å². The van der Waals surface area contributed by atoms with E-state index in [-0.39, 0.29) is 22.5 Å². The number of amides is 2. The van der Waals surface area contributed by atoms with Crippen molar-refractivity contribution in [2.45, 2.75) is 83.6 Å². The number of hydrogen-bond acceptors (Lipinski definition) is 6. The lowest BCUT2D eigenvalue weighted by atomic mass is 9.85. The van der Waals surface area contributed by atoms with Crippen LogP contribution >= 0.6 is 35.1 Å². The topological polar surface area (TPSA) is 71.1 Å². The Labute approximate surface area is 249 Å². The summed E-state index contributed by atoms with van der Waals surface area (Å²) in [6.07, 6.45) is 6.53. The van der Waals surface area contributed by atoms with Crippen molar-refractivity contribution in [1.29, 1.82) is 0 Å². The number of rotatable bonds is 8. The Kier molecular flexibility index (Phi) is 13.3. The molecule has 2 saturated heterocycles. The lowest BCUT2D eigenvalue weighted by molar-refractivity contribution is -0.119. The zero-order valence-corrected chi connectivity index (χ0v) is 26.6. The van der Waals surface area contributed by atoms with Gasteiger partial charge in [-0.1, -0.05) is 47.8 Å². The number of carbonyl (C=O) groups is 2. The molecule has 220 valence electrons. The number of nitrogens with one attached hydrogen (secondary N) is 1. The fourth-order valence-corrected chi connectivity index (χ4v) is 5.42. The summed E-state index contributed by atoms with van der Waals surface area (Å²) in [6.45, 7) is 19.5. The molecule has 2 aliphatic rings.